The van der Waals surface area contributed by atoms with E-state index in [0.717, 1.165) is 28.3 Å². The van der Waals surface area contributed by atoms with Crippen LogP contribution in [0.4, 0.5) is 0 Å². The Morgan fingerprint density at radius 1 is 0.967 bits per heavy atom. The van der Waals surface area contributed by atoms with Gasteiger partial charge in [-0.1, -0.05) is 18.2 Å². The molecule has 8 heteroatoms. The summed E-state index contributed by atoms with van der Waals surface area (Å²) in [4.78, 5) is 26.3. The number of amides is 1. The predicted octanol–water partition coefficient (Wildman–Crippen LogP) is 2.22. The highest BCUT2D eigenvalue weighted by Crippen LogP contribution is 2.31. The van der Waals surface area contributed by atoms with Gasteiger partial charge >= 0.3 is 0 Å². The number of para-hydroxylation sites is 1. The molecule has 150 valence electrons. The van der Waals surface area contributed by atoms with Crippen molar-refractivity contribution in [2.24, 2.45) is 7.05 Å². The van der Waals surface area contributed by atoms with E-state index >= 15 is 0 Å². The van der Waals surface area contributed by atoms with Crippen LogP contribution in [0.25, 0.3) is 11.5 Å². The summed E-state index contributed by atoms with van der Waals surface area (Å²) in [5.74, 6) is 0.706. The first kappa shape index (κ1) is 18.1. The van der Waals surface area contributed by atoms with E-state index in [9.17, 15) is 9.59 Å². The molecule has 4 aromatic rings. The summed E-state index contributed by atoms with van der Waals surface area (Å²) in [6.07, 6.45) is 3.95. The number of aromatic nitrogens is 5. The van der Waals surface area contributed by atoms with Crippen LogP contribution in [0, 0.1) is 6.92 Å². The van der Waals surface area contributed by atoms with Gasteiger partial charge < -0.3 is 9.47 Å². The number of benzene rings is 1. The van der Waals surface area contributed by atoms with Gasteiger partial charge in [0.25, 0.3) is 11.5 Å². The van der Waals surface area contributed by atoms with E-state index < -0.39 is 0 Å². The molecule has 1 amide bonds. The van der Waals surface area contributed by atoms with Crippen molar-refractivity contribution in [2.75, 3.05) is 0 Å². The first-order chi connectivity index (χ1) is 14.5. The van der Waals surface area contributed by atoms with Crippen LogP contribution in [0.15, 0.2) is 65.7 Å². The molecule has 0 spiro atoms. The molecule has 1 aliphatic rings. The van der Waals surface area contributed by atoms with Gasteiger partial charge in [-0.3, -0.25) is 9.59 Å². The fourth-order valence-corrected chi connectivity index (χ4v) is 3.83. The Morgan fingerprint density at radius 2 is 1.73 bits per heavy atom. The Bertz CT molecular complexity index is 1320. The Morgan fingerprint density at radius 3 is 2.47 bits per heavy atom. The molecule has 0 saturated carbocycles. The topological polar surface area (TPSA) is 78.0 Å². The summed E-state index contributed by atoms with van der Waals surface area (Å²) >= 11 is 0. The summed E-state index contributed by atoms with van der Waals surface area (Å²) in [6.45, 7) is 2.88. The second-order valence-corrected chi connectivity index (χ2v) is 7.38. The van der Waals surface area contributed by atoms with Crippen LogP contribution >= 0.6 is 0 Å². The molecule has 0 atom stereocenters. The zero-order valence-electron chi connectivity index (χ0n) is 16.7. The first-order valence-corrected chi connectivity index (χ1v) is 9.66. The summed E-state index contributed by atoms with van der Waals surface area (Å²) in [7, 11) is 1.54. The first-order valence-electron chi connectivity index (χ1n) is 9.66. The molecule has 0 fully saturated rings. The predicted molar refractivity (Wildman–Crippen MR) is 111 cm³/mol. The number of rotatable bonds is 3. The summed E-state index contributed by atoms with van der Waals surface area (Å²) in [5.41, 5.74) is 3.99. The van der Waals surface area contributed by atoms with Crippen molar-refractivity contribution < 1.29 is 4.79 Å². The zero-order valence-corrected chi connectivity index (χ0v) is 16.7. The molecular formula is C22H20N6O2. The van der Waals surface area contributed by atoms with Crippen molar-refractivity contribution in [3.05, 3.63) is 93.8 Å². The highest BCUT2D eigenvalue weighted by atomic mass is 16.2. The van der Waals surface area contributed by atoms with Gasteiger partial charge in [0.05, 0.1) is 24.5 Å². The van der Waals surface area contributed by atoms with E-state index in [-0.39, 0.29) is 17.2 Å². The molecule has 0 N–H and O–H groups in total. The maximum Gasteiger partial charge on any atom is 0.274 e. The quantitative estimate of drug-likeness (QED) is 0.528. The Kier molecular flexibility index (Phi) is 4.13. The summed E-state index contributed by atoms with van der Waals surface area (Å²) < 4.78 is 5.15. The summed E-state index contributed by atoms with van der Waals surface area (Å²) in [6, 6.07) is 14.9. The van der Waals surface area contributed by atoms with Gasteiger partial charge in [-0.15, -0.1) is 0 Å². The fraction of sp³-hybridized carbons (Fsp3) is 0.182. The third-order valence-electron chi connectivity index (χ3n) is 5.39. The molecule has 0 unspecified atom stereocenters. The molecule has 0 bridgehead atoms. The minimum atomic E-state index is -0.249. The molecular weight excluding hydrogens is 380 g/mol. The molecule has 1 aliphatic heterocycles. The lowest BCUT2D eigenvalue weighted by Crippen LogP contribution is -2.30. The van der Waals surface area contributed by atoms with Crippen LogP contribution in [0.2, 0.25) is 0 Å². The van der Waals surface area contributed by atoms with Crippen LogP contribution < -0.4 is 5.56 Å². The molecule has 1 aromatic carbocycles. The Balaban J connectivity index is 1.56. The van der Waals surface area contributed by atoms with Crippen molar-refractivity contribution in [2.45, 2.75) is 20.0 Å². The van der Waals surface area contributed by atoms with Crippen LogP contribution in [0.5, 0.6) is 0 Å². The number of nitrogens with zero attached hydrogens (tertiary/aromatic N) is 6. The highest BCUT2D eigenvalue weighted by Gasteiger charge is 2.32. The van der Waals surface area contributed by atoms with Gasteiger partial charge in [0.15, 0.2) is 0 Å². The molecule has 8 nitrogen and oxygen atoms in total. The van der Waals surface area contributed by atoms with E-state index in [4.69, 9.17) is 5.10 Å². The molecule has 5 rings (SSSR count). The van der Waals surface area contributed by atoms with E-state index in [1.165, 1.54) is 23.9 Å². The fourth-order valence-electron chi connectivity index (χ4n) is 3.83. The average molecular weight is 400 g/mol. The van der Waals surface area contributed by atoms with E-state index in [0.29, 0.717) is 13.1 Å². The van der Waals surface area contributed by atoms with E-state index in [1.807, 2.05) is 52.0 Å². The zero-order chi connectivity index (χ0) is 20.8. The monoisotopic (exact) mass is 400 g/mol. The van der Waals surface area contributed by atoms with Gasteiger partial charge in [0, 0.05) is 31.1 Å². The lowest BCUT2D eigenvalue weighted by molar-refractivity contribution is 0.0740. The Hall–Kier alpha value is -3.94. The minimum Gasteiger partial charge on any atom is -0.327 e. The standard InChI is InChI=1S/C22H20N6O2/c1-15-7-3-4-8-19(15)28-21(26-11-5-6-12-26)16-13-27(14-18(16)24-28)22(30)17-9-10-20(29)25(2)23-17/h3-12H,13-14H2,1-2H3. The van der Waals surface area contributed by atoms with Crippen LogP contribution in [0.3, 0.4) is 0 Å². The van der Waals surface area contributed by atoms with Crippen molar-refractivity contribution in [1.82, 2.24) is 29.0 Å². The van der Waals surface area contributed by atoms with E-state index in [2.05, 4.69) is 18.1 Å². The largest absolute Gasteiger partial charge is 0.327 e. The van der Waals surface area contributed by atoms with Crippen molar-refractivity contribution >= 4 is 5.91 Å². The van der Waals surface area contributed by atoms with Crippen LogP contribution in [-0.4, -0.2) is 34.9 Å². The Labute approximate surface area is 172 Å². The maximum atomic E-state index is 13.0. The smallest absolute Gasteiger partial charge is 0.274 e. The van der Waals surface area contributed by atoms with Crippen molar-refractivity contribution in [1.29, 1.82) is 0 Å². The molecule has 30 heavy (non-hydrogen) atoms. The number of hydrogen-bond donors (Lipinski definition) is 0. The van der Waals surface area contributed by atoms with Crippen molar-refractivity contribution in [3.63, 3.8) is 0 Å². The van der Waals surface area contributed by atoms with Gasteiger partial charge in [-0.25, -0.2) is 9.36 Å². The maximum absolute atomic E-state index is 13.0. The molecule has 3 aromatic heterocycles. The number of aryl methyl sites for hydroxylation is 2. The second-order valence-electron chi connectivity index (χ2n) is 7.38. The lowest BCUT2D eigenvalue weighted by Gasteiger charge is -2.17. The molecule has 4 heterocycles. The lowest BCUT2D eigenvalue weighted by atomic mass is 10.2. The van der Waals surface area contributed by atoms with Gasteiger partial charge in [-0.05, 0) is 36.8 Å². The van der Waals surface area contributed by atoms with Crippen LogP contribution in [0.1, 0.15) is 27.3 Å². The minimum absolute atomic E-state index is 0.218. The van der Waals surface area contributed by atoms with Gasteiger partial charge in [-0.2, -0.15) is 10.2 Å². The summed E-state index contributed by atoms with van der Waals surface area (Å²) in [5, 5.41) is 8.96. The second kappa shape index (κ2) is 6.84. The third-order valence-corrected chi connectivity index (χ3v) is 5.39. The number of carbonyl (C=O) groups excluding carboxylic acids is 1. The van der Waals surface area contributed by atoms with Crippen molar-refractivity contribution in [3.8, 4) is 11.5 Å². The number of hydrogen-bond acceptors (Lipinski definition) is 4. The third kappa shape index (κ3) is 2.85. The van der Waals surface area contributed by atoms with E-state index in [1.54, 1.807) is 4.90 Å². The SMILES string of the molecule is Cc1ccccc1-n1nc2c(c1-n1cccc1)CN(C(=O)c1ccc(=O)n(C)n1)C2. The molecule has 0 saturated heterocycles. The average Bonchev–Trinajstić information content (AvgIpc) is 3.45. The normalized spacial score (nSPS) is 12.9. The molecule has 0 radical (unpaired) electrons. The number of carbonyl (C=O) groups is 1. The van der Waals surface area contributed by atoms with Gasteiger partial charge in [0.2, 0.25) is 0 Å². The highest BCUT2D eigenvalue weighted by molar-refractivity contribution is 5.92. The number of fused-ring (bicyclic) bond motifs is 1. The van der Waals surface area contributed by atoms with Gasteiger partial charge in [0.1, 0.15) is 11.5 Å². The van der Waals surface area contributed by atoms with Crippen LogP contribution in [-0.2, 0) is 20.1 Å². The molecule has 0 aliphatic carbocycles.